The van der Waals surface area contributed by atoms with Gasteiger partial charge in [-0.05, 0) is 102 Å². The number of anilines is 3. The highest BCUT2D eigenvalue weighted by Gasteiger charge is 2.24. The number of rotatable bonds is 11. The average molecular weight is 931 g/mol. The third kappa shape index (κ3) is 9.46. The van der Waals surface area contributed by atoms with Gasteiger partial charge in [0.05, 0.1) is 38.1 Å². The number of hydrogen-bond acceptors (Lipinski definition) is 8. The molecule has 17 heteroatoms. The summed E-state index contributed by atoms with van der Waals surface area (Å²) in [6.45, 7) is 0. The average Bonchev–Trinajstić information content (AvgIpc) is 3.85. The number of ketones is 1. The second-order valence-electron chi connectivity index (χ2n) is 13.9. The molecule has 0 fully saturated rings. The fraction of sp³-hybridized carbons (Fsp3) is 0.0870. The number of carbonyl (C=O) groups excluding carboxylic acids is 2. The second kappa shape index (κ2) is 18.8. The van der Waals surface area contributed by atoms with Gasteiger partial charge in [0, 0.05) is 46.4 Å². The molecule has 5 N–H and O–H groups in total. The topological polar surface area (TPSA) is 176 Å². The molecule has 324 valence electrons. The number of aromatic nitrogens is 2. The van der Waals surface area contributed by atoms with Gasteiger partial charge in [0.1, 0.15) is 17.5 Å². The van der Waals surface area contributed by atoms with Crippen LogP contribution < -0.4 is 16.8 Å². The molecule has 0 aliphatic carbocycles. The van der Waals surface area contributed by atoms with E-state index in [4.69, 9.17) is 34.7 Å². The fourth-order valence-corrected chi connectivity index (χ4v) is 9.75. The number of fused-ring (bicyclic) bond motifs is 2. The first-order chi connectivity index (χ1) is 29.6. The number of halogens is 4. The Morgan fingerprint density at radius 2 is 1.06 bits per heavy atom. The number of hydrogen-bond donors (Lipinski definition) is 3. The van der Waals surface area contributed by atoms with Crippen LogP contribution in [-0.2, 0) is 36.1 Å². The summed E-state index contributed by atoms with van der Waals surface area (Å²) in [6.07, 6.45) is 2.97. The van der Waals surface area contributed by atoms with Crippen LogP contribution in [-0.4, -0.2) is 48.2 Å². The number of nitrogens with zero attached hydrogens (tertiary/aromatic N) is 2. The molecule has 2 heterocycles. The van der Waals surface area contributed by atoms with Crippen molar-refractivity contribution < 1.29 is 35.2 Å². The molecule has 63 heavy (non-hydrogen) atoms. The quantitative estimate of drug-likeness (QED) is 0.0849. The van der Waals surface area contributed by atoms with Gasteiger partial charge in [0.2, 0.25) is 5.91 Å². The number of benzene rings is 6. The van der Waals surface area contributed by atoms with Crippen molar-refractivity contribution >= 4 is 93.8 Å². The first kappa shape index (κ1) is 46.0. The standard InChI is InChI=1S/C23H18ClFN2O3S.C22H17ClFN3O3S.CH4/c24-13-18(28)11-16-10-15(6-9-22(16)26)21-14-27(23-12-17(25)7-8-20(21)23)31(29,30)19-4-2-1-3-5-19;23-12-22(28)26-20-9-6-14(10-19(20)25)18-13-27(21-11-15(24)7-8-17(18)21)31(29,30)16-4-2-1-3-5-16;/h1-10,12,14H,11,13,26H2;1-11,13H,12,25H2,(H,26,28);1H4. The molecule has 0 atom stereocenters. The highest BCUT2D eigenvalue weighted by atomic mass is 35.5. The van der Waals surface area contributed by atoms with Crippen LogP contribution >= 0.6 is 23.2 Å². The Hall–Kier alpha value is -6.52. The maximum atomic E-state index is 14.0. The first-order valence-corrected chi connectivity index (χ1v) is 22.5. The predicted octanol–water partition coefficient (Wildman–Crippen LogP) is 9.70. The molecule has 0 saturated carbocycles. The maximum absolute atomic E-state index is 14.0. The van der Waals surface area contributed by atoms with E-state index < -0.39 is 37.6 Å². The van der Waals surface area contributed by atoms with E-state index in [9.17, 15) is 35.2 Å². The van der Waals surface area contributed by atoms with Crippen LogP contribution in [0.25, 0.3) is 44.1 Å². The number of carbonyl (C=O) groups is 2. The molecule has 6 aromatic carbocycles. The molecule has 0 aliphatic rings. The lowest BCUT2D eigenvalue weighted by atomic mass is 9.99. The van der Waals surface area contributed by atoms with Crippen LogP contribution in [0.4, 0.5) is 25.8 Å². The lowest BCUT2D eigenvalue weighted by Gasteiger charge is -2.09. The van der Waals surface area contributed by atoms with E-state index in [2.05, 4.69) is 5.32 Å². The van der Waals surface area contributed by atoms with Gasteiger partial charge in [-0.15, -0.1) is 23.2 Å². The van der Waals surface area contributed by atoms with Crippen LogP contribution in [0.3, 0.4) is 0 Å². The zero-order valence-corrected chi connectivity index (χ0v) is 35.4. The molecule has 11 nitrogen and oxygen atoms in total. The van der Waals surface area contributed by atoms with Gasteiger partial charge in [-0.2, -0.15) is 0 Å². The summed E-state index contributed by atoms with van der Waals surface area (Å²) in [5.74, 6) is -2.02. The van der Waals surface area contributed by atoms with E-state index >= 15 is 0 Å². The number of alkyl halides is 2. The zero-order valence-electron chi connectivity index (χ0n) is 32.3. The largest absolute Gasteiger partial charge is 0.398 e. The number of nitrogen functional groups attached to an aromatic ring is 2. The Morgan fingerprint density at radius 3 is 1.52 bits per heavy atom. The molecule has 8 rings (SSSR count). The smallest absolute Gasteiger partial charge is 0.268 e. The van der Waals surface area contributed by atoms with Crippen LogP contribution in [0.5, 0.6) is 0 Å². The van der Waals surface area contributed by atoms with Crippen molar-refractivity contribution in [2.45, 2.75) is 23.6 Å². The summed E-state index contributed by atoms with van der Waals surface area (Å²) in [7, 11) is -7.92. The van der Waals surface area contributed by atoms with E-state index in [-0.39, 0.29) is 57.9 Å². The lowest BCUT2D eigenvalue weighted by molar-refractivity contribution is -0.116. The highest BCUT2D eigenvalue weighted by Crippen LogP contribution is 2.37. The van der Waals surface area contributed by atoms with Crippen LogP contribution in [0, 0.1) is 11.6 Å². The zero-order chi connectivity index (χ0) is 44.3. The third-order valence-corrected chi connectivity index (χ3v) is 13.7. The van der Waals surface area contributed by atoms with Crippen molar-refractivity contribution in [2.75, 3.05) is 28.5 Å². The highest BCUT2D eigenvalue weighted by molar-refractivity contribution is 7.90. The predicted molar refractivity (Wildman–Crippen MR) is 247 cm³/mol. The minimum Gasteiger partial charge on any atom is -0.398 e. The summed E-state index contributed by atoms with van der Waals surface area (Å²) < 4.78 is 83.2. The molecule has 0 aliphatic heterocycles. The van der Waals surface area contributed by atoms with Crippen LogP contribution in [0.15, 0.2) is 156 Å². The Labute approximate surface area is 372 Å². The van der Waals surface area contributed by atoms with Crippen molar-refractivity contribution in [3.8, 4) is 22.3 Å². The molecule has 0 bridgehead atoms. The minimum absolute atomic E-state index is 0. The Kier molecular flexibility index (Phi) is 13.8. The van der Waals surface area contributed by atoms with E-state index in [1.54, 1.807) is 72.8 Å². The Balaban J connectivity index is 0.000000206. The SMILES string of the molecule is C.Nc1cc(-c2cn(S(=O)(=O)c3ccccc3)c3cc(F)ccc23)ccc1NC(=O)CCl.Nc1ccc(-c2cn(S(=O)(=O)c3ccccc3)c3cc(F)ccc23)cc1CC(=O)CCl. The van der Waals surface area contributed by atoms with E-state index in [1.807, 2.05) is 0 Å². The molecule has 0 spiro atoms. The fourth-order valence-electron chi connectivity index (χ4n) is 6.83. The summed E-state index contributed by atoms with van der Waals surface area (Å²) >= 11 is 11.1. The molecule has 0 saturated heterocycles. The van der Waals surface area contributed by atoms with Gasteiger partial charge in [0.25, 0.3) is 20.0 Å². The normalized spacial score (nSPS) is 11.4. The van der Waals surface area contributed by atoms with Gasteiger partial charge in [-0.25, -0.2) is 33.6 Å². The molecular weight excluding hydrogens is 892 g/mol. The summed E-state index contributed by atoms with van der Waals surface area (Å²) in [5.41, 5.74) is 16.6. The molecular formula is C46H39Cl2F2N5O6S2. The minimum atomic E-state index is -3.96. The van der Waals surface area contributed by atoms with Gasteiger partial charge in [0.15, 0.2) is 5.78 Å². The Morgan fingerprint density at radius 1 is 0.587 bits per heavy atom. The van der Waals surface area contributed by atoms with Crippen LogP contribution in [0.2, 0.25) is 0 Å². The van der Waals surface area contributed by atoms with Crippen molar-refractivity contribution in [3.05, 3.63) is 163 Å². The second-order valence-corrected chi connectivity index (χ2v) is 18.0. The van der Waals surface area contributed by atoms with Crippen molar-refractivity contribution in [1.82, 2.24) is 7.94 Å². The number of nitrogens with one attached hydrogen (secondary N) is 1. The first-order valence-electron chi connectivity index (χ1n) is 18.6. The van der Waals surface area contributed by atoms with E-state index in [0.29, 0.717) is 50.0 Å². The van der Waals surface area contributed by atoms with Gasteiger partial charge in [-0.1, -0.05) is 56.0 Å². The molecule has 0 radical (unpaired) electrons. The van der Waals surface area contributed by atoms with Crippen molar-refractivity contribution in [2.24, 2.45) is 0 Å². The summed E-state index contributed by atoms with van der Waals surface area (Å²) in [6, 6.07) is 33.9. The van der Waals surface area contributed by atoms with E-state index in [1.165, 1.54) is 73.1 Å². The number of amides is 1. The number of Topliss-reactive ketones (excluding diaryl/α,β-unsaturated/α-hetero) is 1. The van der Waals surface area contributed by atoms with Crippen molar-refractivity contribution in [3.63, 3.8) is 0 Å². The van der Waals surface area contributed by atoms with E-state index in [0.717, 1.165) is 7.94 Å². The third-order valence-electron chi connectivity index (χ3n) is 9.82. The van der Waals surface area contributed by atoms with Crippen molar-refractivity contribution in [1.29, 1.82) is 0 Å². The van der Waals surface area contributed by atoms with Gasteiger partial charge < -0.3 is 16.8 Å². The lowest BCUT2D eigenvalue weighted by Crippen LogP contribution is -2.13. The molecule has 1 amide bonds. The summed E-state index contributed by atoms with van der Waals surface area (Å²) in [5, 5.41) is 3.68. The molecule has 8 aromatic rings. The number of nitrogens with two attached hydrogens (primary N) is 2. The Bertz CT molecular complexity index is 3240. The summed E-state index contributed by atoms with van der Waals surface area (Å²) in [4.78, 5) is 23.5. The molecule has 0 unspecified atom stereocenters. The molecule has 2 aromatic heterocycles. The van der Waals surface area contributed by atoms with Gasteiger partial charge >= 0.3 is 0 Å². The van der Waals surface area contributed by atoms with Crippen LogP contribution in [0.1, 0.15) is 13.0 Å². The van der Waals surface area contributed by atoms with Gasteiger partial charge in [-0.3, -0.25) is 9.59 Å². The maximum Gasteiger partial charge on any atom is 0.268 e. The monoisotopic (exact) mass is 929 g/mol.